The Morgan fingerprint density at radius 3 is 2.42 bits per heavy atom. The summed E-state index contributed by atoms with van der Waals surface area (Å²) in [7, 11) is 0. The Bertz CT molecular complexity index is 445. The molecular weight excluding hydrogens is 248 g/mol. The van der Waals surface area contributed by atoms with Crippen molar-refractivity contribution in [3.05, 3.63) is 34.4 Å². The molecule has 1 unspecified atom stereocenters. The van der Waals surface area contributed by atoms with E-state index in [1.54, 1.807) is 0 Å². The first-order valence-electron chi connectivity index (χ1n) is 5.95. The third kappa shape index (κ3) is 4.92. The molecular formula is C12H18N4O3. The van der Waals surface area contributed by atoms with Gasteiger partial charge in [-0.15, -0.1) is 0 Å². The molecule has 2 amide bonds. The minimum absolute atomic E-state index is 0.0206. The third-order valence-electron chi connectivity index (χ3n) is 2.69. The number of carbonyl (C=O) groups is 1. The predicted octanol–water partition coefficient (Wildman–Crippen LogP) is 1.70. The average Bonchev–Trinajstić information content (AvgIpc) is 2.36. The van der Waals surface area contributed by atoms with E-state index in [-0.39, 0.29) is 23.7 Å². The van der Waals surface area contributed by atoms with E-state index in [1.165, 1.54) is 24.3 Å². The van der Waals surface area contributed by atoms with Gasteiger partial charge in [-0.1, -0.05) is 13.8 Å². The lowest BCUT2D eigenvalue weighted by molar-refractivity contribution is -0.384. The molecule has 0 aliphatic heterocycles. The van der Waals surface area contributed by atoms with E-state index < -0.39 is 4.92 Å². The summed E-state index contributed by atoms with van der Waals surface area (Å²) in [5.74, 6) is 0.277. The van der Waals surface area contributed by atoms with Crippen molar-refractivity contribution in [1.29, 1.82) is 0 Å². The first-order chi connectivity index (χ1) is 8.90. The fourth-order valence-corrected chi connectivity index (χ4v) is 1.29. The lowest BCUT2D eigenvalue weighted by Crippen LogP contribution is -2.42. The van der Waals surface area contributed by atoms with Crippen LogP contribution in [0.5, 0.6) is 0 Å². The van der Waals surface area contributed by atoms with Gasteiger partial charge in [0.25, 0.3) is 5.69 Å². The summed E-state index contributed by atoms with van der Waals surface area (Å²) in [5.41, 5.74) is 6.26. The van der Waals surface area contributed by atoms with Crippen LogP contribution < -0.4 is 16.4 Å². The molecule has 7 nitrogen and oxygen atoms in total. The fourth-order valence-electron chi connectivity index (χ4n) is 1.29. The maximum Gasteiger partial charge on any atom is 0.319 e. The van der Waals surface area contributed by atoms with Gasteiger partial charge in [-0.3, -0.25) is 10.1 Å². The second-order valence-corrected chi connectivity index (χ2v) is 4.55. The maximum absolute atomic E-state index is 11.5. The topological polar surface area (TPSA) is 110 Å². The number of hydrogen-bond acceptors (Lipinski definition) is 4. The number of benzene rings is 1. The van der Waals surface area contributed by atoms with Crippen LogP contribution in [0.15, 0.2) is 24.3 Å². The third-order valence-corrected chi connectivity index (χ3v) is 2.69. The number of nitrogens with zero attached hydrogens (tertiary/aromatic N) is 1. The van der Waals surface area contributed by atoms with Crippen molar-refractivity contribution in [2.24, 2.45) is 11.7 Å². The molecule has 19 heavy (non-hydrogen) atoms. The summed E-state index contributed by atoms with van der Waals surface area (Å²) in [6, 6.07) is 5.11. The molecule has 0 bridgehead atoms. The van der Waals surface area contributed by atoms with Crippen molar-refractivity contribution in [2.45, 2.75) is 19.9 Å². The zero-order chi connectivity index (χ0) is 14.4. The van der Waals surface area contributed by atoms with Crippen molar-refractivity contribution < 1.29 is 9.72 Å². The van der Waals surface area contributed by atoms with Gasteiger partial charge in [0.15, 0.2) is 0 Å². The van der Waals surface area contributed by atoms with E-state index in [0.717, 1.165) is 0 Å². The van der Waals surface area contributed by atoms with Crippen molar-refractivity contribution in [3.63, 3.8) is 0 Å². The Labute approximate surface area is 111 Å². The Morgan fingerprint density at radius 1 is 1.37 bits per heavy atom. The molecule has 0 aliphatic carbocycles. The molecule has 0 spiro atoms. The Kier molecular flexibility index (Phi) is 5.25. The van der Waals surface area contributed by atoms with E-state index in [4.69, 9.17) is 5.73 Å². The molecule has 0 radical (unpaired) electrons. The summed E-state index contributed by atoms with van der Waals surface area (Å²) in [6.07, 6.45) is 0. The van der Waals surface area contributed by atoms with Crippen LogP contribution >= 0.6 is 0 Å². The van der Waals surface area contributed by atoms with Gasteiger partial charge in [-0.05, 0) is 18.1 Å². The van der Waals surface area contributed by atoms with Crippen LogP contribution in [0, 0.1) is 16.0 Å². The quantitative estimate of drug-likeness (QED) is 0.556. The molecule has 0 saturated carbocycles. The van der Waals surface area contributed by atoms with E-state index in [0.29, 0.717) is 12.2 Å². The van der Waals surface area contributed by atoms with Gasteiger partial charge in [-0.25, -0.2) is 4.79 Å². The first kappa shape index (κ1) is 14.9. The highest BCUT2D eigenvalue weighted by atomic mass is 16.6. The minimum Gasteiger partial charge on any atom is -0.336 e. The number of rotatable bonds is 5. The number of nitrogens with one attached hydrogen (secondary N) is 2. The van der Waals surface area contributed by atoms with Crippen LogP contribution in [0.2, 0.25) is 0 Å². The number of anilines is 1. The lowest BCUT2D eigenvalue weighted by atomic mass is 10.1. The second-order valence-electron chi connectivity index (χ2n) is 4.55. The molecule has 1 aromatic rings. The first-order valence-corrected chi connectivity index (χ1v) is 5.95. The van der Waals surface area contributed by atoms with Crippen LogP contribution in [0.1, 0.15) is 13.8 Å². The fraction of sp³-hybridized carbons (Fsp3) is 0.417. The van der Waals surface area contributed by atoms with Crippen molar-refractivity contribution in [2.75, 3.05) is 11.9 Å². The lowest BCUT2D eigenvalue weighted by Gasteiger charge is -2.16. The molecule has 0 aromatic heterocycles. The van der Waals surface area contributed by atoms with Crippen molar-refractivity contribution in [3.8, 4) is 0 Å². The molecule has 0 aliphatic rings. The summed E-state index contributed by atoms with van der Waals surface area (Å²) in [6.45, 7) is 4.32. The number of urea groups is 1. The van der Waals surface area contributed by atoms with E-state index in [9.17, 15) is 14.9 Å². The molecule has 1 aromatic carbocycles. The monoisotopic (exact) mass is 266 g/mol. The number of nitro groups is 1. The van der Waals surface area contributed by atoms with Gasteiger partial charge >= 0.3 is 6.03 Å². The van der Waals surface area contributed by atoms with Crippen LogP contribution in [0.25, 0.3) is 0 Å². The molecule has 1 rings (SSSR count). The van der Waals surface area contributed by atoms with Gasteiger partial charge in [0, 0.05) is 30.4 Å². The molecule has 0 saturated heterocycles. The summed E-state index contributed by atoms with van der Waals surface area (Å²) < 4.78 is 0. The normalized spacial score (nSPS) is 12.0. The van der Waals surface area contributed by atoms with E-state index in [1.807, 2.05) is 13.8 Å². The molecule has 0 fully saturated rings. The zero-order valence-electron chi connectivity index (χ0n) is 10.9. The molecule has 7 heteroatoms. The van der Waals surface area contributed by atoms with Gasteiger partial charge in [0.05, 0.1) is 4.92 Å². The van der Waals surface area contributed by atoms with Crippen LogP contribution in [-0.4, -0.2) is 23.5 Å². The number of nitrogens with two attached hydrogens (primary N) is 1. The van der Waals surface area contributed by atoms with Crippen molar-refractivity contribution >= 4 is 17.4 Å². The molecule has 104 valence electrons. The molecule has 4 N–H and O–H groups in total. The Balaban J connectivity index is 2.46. The number of hydrogen-bond donors (Lipinski definition) is 3. The smallest absolute Gasteiger partial charge is 0.319 e. The summed E-state index contributed by atoms with van der Waals surface area (Å²) in [5, 5.41) is 15.7. The van der Waals surface area contributed by atoms with Crippen LogP contribution in [0.3, 0.4) is 0 Å². The second kappa shape index (κ2) is 6.69. The van der Waals surface area contributed by atoms with E-state index in [2.05, 4.69) is 10.6 Å². The molecule has 0 heterocycles. The van der Waals surface area contributed by atoms with Gasteiger partial charge < -0.3 is 16.4 Å². The highest BCUT2D eigenvalue weighted by molar-refractivity contribution is 5.89. The highest BCUT2D eigenvalue weighted by Crippen LogP contribution is 2.15. The van der Waals surface area contributed by atoms with Crippen LogP contribution in [0.4, 0.5) is 16.2 Å². The predicted molar refractivity (Wildman–Crippen MR) is 72.9 cm³/mol. The number of carbonyl (C=O) groups excluding carboxylic acids is 1. The average molecular weight is 266 g/mol. The SMILES string of the molecule is CC(C)C(N)CNC(=O)Nc1ccc([N+](=O)[O-])cc1. The largest absolute Gasteiger partial charge is 0.336 e. The van der Waals surface area contributed by atoms with Gasteiger partial charge in [-0.2, -0.15) is 0 Å². The number of nitro benzene ring substituents is 1. The summed E-state index contributed by atoms with van der Waals surface area (Å²) in [4.78, 5) is 21.5. The number of amides is 2. The minimum atomic E-state index is -0.495. The standard InChI is InChI=1S/C12H18N4O3/c1-8(2)11(13)7-14-12(17)15-9-3-5-10(6-4-9)16(18)19/h3-6,8,11H,7,13H2,1-2H3,(H2,14,15,17). The van der Waals surface area contributed by atoms with Crippen molar-refractivity contribution in [1.82, 2.24) is 5.32 Å². The highest BCUT2D eigenvalue weighted by Gasteiger charge is 2.10. The van der Waals surface area contributed by atoms with Gasteiger partial charge in [0.1, 0.15) is 0 Å². The van der Waals surface area contributed by atoms with Crippen LogP contribution in [-0.2, 0) is 0 Å². The van der Waals surface area contributed by atoms with Gasteiger partial charge in [0.2, 0.25) is 0 Å². The Morgan fingerprint density at radius 2 is 1.95 bits per heavy atom. The zero-order valence-corrected chi connectivity index (χ0v) is 10.9. The molecule has 1 atom stereocenters. The summed E-state index contributed by atoms with van der Waals surface area (Å²) >= 11 is 0. The Hall–Kier alpha value is -2.15. The number of non-ortho nitro benzene ring substituents is 1. The maximum atomic E-state index is 11.5. The van der Waals surface area contributed by atoms with E-state index >= 15 is 0 Å².